The maximum atomic E-state index is 14.1. The van der Waals surface area contributed by atoms with E-state index in [2.05, 4.69) is 60.9 Å². The van der Waals surface area contributed by atoms with Gasteiger partial charge in [-0.05, 0) is 102 Å². The molecule has 1 amide bonds. The maximum Gasteiger partial charge on any atom is 0.324 e. The molecule has 2 aromatic rings. The molecule has 0 radical (unpaired) electrons. The van der Waals surface area contributed by atoms with Gasteiger partial charge in [-0.1, -0.05) is 30.3 Å². The molecule has 0 spiro atoms. The Morgan fingerprint density at radius 3 is 2.19 bits per heavy atom. The van der Waals surface area contributed by atoms with Crippen LogP contribution in [0.4, 0.5) is 0 Å². The summed E-state index contributed by atoms with van der Waals surface area (Å²) in [4.78, 5) is 34.4. The van der Waals surface area contributed by atoms with E-state index < -0.39 is 5.60 Å². The number of fused-ring (bicyclic) bond motifs is 1. The Bertz CT molecular complexity index is 1290. The molecule has 2 heterocycles. The molecular formula is C36H51N3O4. The topological polar surface area (TPSA) is 62.3 Å². The Morgan fingerprint density at radius 2 is 1.56 bits per heavy atom. The molecule has 0 aromatic heterocycles. The van der Waals surface area contributed by atoms with Gasteiger partial charge < -0.3 is 14.4 Å². The lowest BCUT2D eigenvalue weighted by atomic mass is 9.87. The molecule has 7 nitrogen and oxygen atoms in total. The van der Waals surface area contributed by atoms with E-state index in [-0.39, 0.29) is 35.3 Å². The van der Waals surface area contributed by atoms with Gasteiger partial charge in [0.1, 0.15) is 17.4 Å². The summed E-state index contributed by atoms with van der Waals surface area (Å²) in [5, 5.41) is 0. The van der Waals surface area contributed by atoms with Gasteiger partial charge in [0.05, 0.1) is 13.0 Å². The van der Waals surface area contributed by atoms with Crippen molar-refractivity contribution in [3.05, 3.63) is 64.7 Å². The Kier molecular flexibility index (Phi) is 9.24. The first-order valence-electron chi connectivity index (χ1n) is 16.1. The normalized spacial score (nSPS) is 22.3. The third-order valence-electron chi connectivity index (χ3n) is 9.47. The van der Waals surface area contributed by atoms with Crippen molar-refractivity contribution in [1.29, 1.82) is 0 Å². The summed E-state index contributed by atoms with van der Waals surface area (Å²) < 4.78 is 11.3. The molecule has 2 fully saturated rings. The van der Waals surface area contributed by atoms with Crippen LogP contribution in [0.1, 0.15) is 76.1 Å². The zero-order valence-corrected chi connectivity index (χ0v) is 27.3. The molecule has 2 aromatic carbocycles. The lowest BCUT2D eigenvalue weighted by Gasteiger charge is -2.40. The Hall–Kier alpha value is -2.90. The average molecular weight is 590 g/mol. The predicted octanol–water partition coefficient (Wildman–Crippen LogP) is 5.10. The van der Waals surface area contributed by atoms with Gasteiger partial charge in [-0.2, -0.15) is 0 Å². The van der Waals surface area contributed by atoms with Gasteiger partial charge in [0.15, 0.2) is 0 Å². The van der Waals surface area contributed by atoms with Gasteiger partial charge in [-0.3, -0.25) is 19.4 Å². The van der Waals surface area contributed by atoms with Crippen LogP contribution in [0.3, 0.4) is 0 Å². The van der Waals surface area contributed by atoms with Crippen LogP contribution in [-0.4, -0.2) is 90.1 Å². The van der Waals surface area contributed by atoms with Crippen LogP contribution in [0, 0.1) is 5.92 Å². The second-order valence-corrected chi connectivity index (χ2v) is 14.6. The Labute approximate surface area is 258 Å². The smallest absolute Gasteiger partial charge is 0.324 e. The number of carbonyl (C=O) groups excluding carboxylic acids is 2. The lowest BCUT2D eigenvalue weighted by Crippen LogP contribution is -2.56. The molecule has 2 aliphatic heterocycles. The van der Waals surface area contributed by atoms with Crippen molar-refractivity contribution in [2.45, 2.75) is 90.3 Å². The number of methoxy groups -OCH3 is 1. The van der Waals surface area contributed by atoms with Crippen LogP contribution in [0.2, 0.25) is 0 Å². The molecular weight excluding hydrogens is 538 g/mol. The Balaban J connectivity index is 1.29. The number of hydrogen-bond acceptors (Lipinski definition) is 6. The molecule has 0 bridgehead atoms. The zero-order chi connectivity index (χ0) is 30.9. The average Bonchev–Trinajstić information content (AvgIpc) is 3.62. The summed E-state index contributed by atoms with van der Waals surface area (Å²) in [7, 11) is 1.68. The number of esters is 1. The molecule has 3 atom stereocenters. The van der Waals surface area contributed by atoms with Gasteiger partial charge in [0, 0.05) is 50.7 Å². The van der Waals surface area contributed by atoms with E-state index in [4.69, 9.17) is 9.47 Å². The Morgan fingerprint density at radius 1 is 0.884 bits per heavy atom. The lowest BCUT2D eigenvalue weighted by molar-refractivity contribution is -0.162. The minimum Gasteiger partial charge on any atom is -0.497 e. The van der Waals surface area contributed by atoms with E-state index in [0.29, 0.717) is 32.6 Å². The molecule has 1 aliphatic carbocycles. The number of aryl methyl sites for hydroxylation is 2. The highest BCUT2D eigenvalue weighted by atomic mass is 16.6. The minimum absolute atomic E-state index is 0.0172. The van der Waals surface area contributed by atoms with Crippen LogP contribution < -0.4 is 4.74 Å². The van der Waals surface area contributed by atoms with Crippen molar-refractivity contribution in [3.8, 4) is 5.75 Å². The van der Waals surface area contributed by atoms with Crippen molar-refractivity contribution in [3.63, 3.8) is 0 Å². The van der Waals surface area contributed by atoms with E-state index in [1.165, 1.54) is 28.7 Å². The number of nitrogens with zero attached hydrogens (tertiary/aromatic N) is 3. The number of benzene rings is 2. The molecule has 7 heteroatoms. The summed E-state index contributed by atoms with van der Waals surface area (Å²) in [6.45, 7) is 16.6. The highest BCUT2D eigenvalue weighted by molar-refractivity contribution is 5.81. The fourth-order valence-electron chi connectivity index (χ4n) is 6.99. The fraction of sp³-hybridized carbons (Fsp3) is 0.611. The number of rotatable bonds is 7. The first kappa shape index (κ1) is 31.5. The quantitative estimate of drug-likeness (QED) is 0.419. The SMILES string of the molecule is COc1ccc(C2CN(C(C)(C)C)CC2C(=O)N2CCN([C@@H](Cc3ccc4c(c3)CCC4)C(=O)OC(C)(C)C)CC2)cc1. The summed E-state index contributed by atoms with van der Waals surface area (Å²) in [6.07, 6.45) is 4.10. The highest BCUT2D eigenvalue weighted by Gasteiger charge is 2.44. The van der Waals surface area contributed by atoms with Gasteiger partial charge >= 0.3 is 5.97 Å². The number of hydrogen-bond donors (Lipinski definition) is 0. The van der Waals surface area contributed by atoms with Crippen LogP contribution in [-0.2, 0) is 33.6 Å². The second-order valence-electron chi connectivity index (χ2n) is 14.6. The van der Waals surface area contributed by atoms with E-state index >= 15 is 0 Å². The van der Waals surface area contributed by atoms with Gasteiger partial charge in [-0.25, -0.2) is 0 Å². The van der Waals surface area contributed by atoms with Crippen molar-refractivity contribution >= 4 is 11.9 Å². The molecule has 43 heavy (non-hydrogen) atoms. The predicted molar refractivity (Wildman–Crippen MR) is 171 cm³/mol. The summed E-state index contributed by atoms with van der Waals surface area (Å²) in [5.41, 5.74) is 4.66. The van der Waals surface area contributed by atoms with Gasteiger partial charge in [0.25, 0.3) is 0 Å². The summed E-state index contributed by atoms with van der Waals surface area (Å²) in [5.74, 6) is 0.897. The van der Waals surface area contributed by atoms with Crippen LogP contribution in [0.15, 0.2) is 42.5 Å². The number of amides is 1. The molecule has 2 unspecified atom stereocenters. The van der Waals surface area contributed by atoms with E-state index in [1.54, 1.807) is 7.11 Å². The van der Waals surface area contributed by atoms with Crippen molar-refractivity contribution in [2.24, 2.45) is 5.92 Å². The molecule has 0 N–H and O–H groups in total. The molecule has 5 rings (SSSR count). The molecule has 2 saturated heterocycles. The fourth-order valence-corrected chi connectivity index (χ4v) is 6.99. The van der Waals surface area contributed by atoms with E-state index in [0.717, 1.165) is 31.7 Å². The van der Waals surface area contributed by atoms with Gasteiger partial charge in [-0.15, -0.1) is 0 Å². The molecule has 234 valence electrons. The second kappa shape index (κ2) is 12.6. The third kappa shape index (κ3) is 7.43. The first-order valence-corrected chi connectivity index (χ1v) is 16.1. The van der Waals surface area contributed by atoms with Crippen molar-refractivity contribution < 1.29 is 19.1 Å². The number of ether oxygens (including phenoxy) is 2. The first-order chi connectivity index (χ1) is 20.3. The number of likely N-dealkylation sites (tertiary alicyclic amines) is 1. The minimum atomic E-state index is -0.553. The number of piperazine rings is 1. The van der Waals surface area contributed by atoms with Crippen molar-refractivity contribution in [2.75, 3.05) is 46.4 Å². The monoisotopic (exact) mass is 589 g/mol. The highest BCUT2D eigenvalue weighted by Crippen LogP contribution is 2.38. The van der Waals surface area contributed by atoms with Crippen LogP contribution in [0.25, 0.3) is 0 Å². The van der Waals surface area contributed by atoms with Crippen LogP contribution >= 0.6 is 0 Å². The third-order valence-corrected chi connectivity index (χ3v) is 9.47. The van der Waals surface area contributed by atoms with E-state index in [9.17, 15) is 9.59 Å². The summed E-state index contributed by atoms with van der Waals surface area (Å²) >= 11 is 0. The zero-order valence-electron chi connectivity index (χ0n) is 27.3. The molecule has 0 saturated carbocycles. The van der Waals surface area contributed by atoms with E-state index in [1.807, 2.05) is 37.8 Å². The maximum absolute atomic E-state index is 14.1. The number of carbonyl (C=O) groups is 2. The van der Waals surface area contributed by atoms with Crippen molar-refractivity contribution in [1.82, 2.24) is 14.7 Å². The summed E-state index contributed by atoms with van der Waals surface area (Å²) in [6, 6.07) is 14.5. The van der Waals surface area contributed by atoms with Crippen LogP contribution in [0.5, 0.6) is 5.75 Å². The molecule has 3 aliphatic rings. The largest absolute Gasteiger partial charge is 0.497 e. The van der Waals surface area contributed by atoms with Gasteiger partial charge in [0.2, 0.25) is 5.91 Å². The standard InChI is InChI=1S/C36H51N3O4/c1-35(2,3)39-23-30(27-13-15-29(42-7)16-14-27)31(24-39)33(40)38-19-17-37(18-20-38)32(34(41)43-36(4,5)6)22-25-11-12-26-9-8-10-28(26)21-25/h11-16,21,30-32H,8-10,17-20,22-24H2,1-7H3/t30?,31?,32-/m0/s1.